The van der Waals surface area contributed by atoms with Gasteiger partial charge in [-0.1, -0.05) is 12.1 Å². The Balaban J connectivity index is 1.78. The van der Waals surface area contributed by atoms with Gasteiger partial charge in [-0.05, 0) is 24.6 Å². The number of carbonyl (C=O) groups excluding carboxylic acids is 1. The van der Waals surface area contributed by atoms with Crippen molar-refractivity contribution in [2.24, 2.45) is 0 Å². The fourth-order valence-corrected chi connectivity index (χ4v) is 4.55. The van der Waals surface area contributed by atoms with Crippen molar-refractivity contribution in [2.75, 3.05) is 18.6 Å². The van der Waals surface area contributed by atoms with Gasteiger partial charge in [0.15, 0.2) is 9.84 Å². The van der Waals surface area contributed by atoms with Crippen molar-refractivity contribution in [2.45, 2.75) is 19.0 Å². The number of nitrogens with one attached hydrogen (secondary N) is 1. The van der Waals surface area contributed by atoms with Crippen LogP contribution in [0.3, 0.4) is 0 Å². The van der Waals surface area contributed by atoms with E-state index in [1.807, 2.05) is 12.1 Å². The molecule has 0 bridgehead atoms. The molecule has 0 spiro atoms. The number of carbonyl (C=O) groups is 1. The van der Waals surface area contributed by atoms with Crippen molar-refractivity contribution in [3.05, 3.63) is 46.8 Å². The number of rotatable bonds is 5. The third-order valence-electron chi connectivity index (χ3n) is 4.14. The molecule has 138 valence electrons. The predicted molar refractivity (Wildman–Crippen MR) is 95.7 cm³/mol. The van der Waals surface area contributed by atoms with Gasteiger partial charge in [-0.3, -0.25) is 9.59 Å². The summed E-state index contributed by atoms with van der Waals surface area (Å²) in [6, 6.07) is 9.71. The zero-order valence-electron chi connectivity index (χ0n) is 14.2. The first-order valence-electron chi connectivity index (χ1n) is 8.09. The van der Waals surface area contributed by atoms with Crippen molar-refractivity contribution in [1.82, 2.24) is 15.1 Å². The minimum atomic E-state index is -3.09. The van der Waals surface area contributed by atoms with Gasteiger partial charge in [-0.15, -0.1) is 0 Å². The molecule has 0 saturated carbocycles. The average Bonchev–Trinajstić information content (AvgIpc) is 2.95. The SMILES string of the molecule is COc1ccccc1-c1ccc(=O)n(CC(=O)N[C@H]2CCS(=O)(=O)C2)n1. The first kappa shape index (κ1) is 18.1. The number of hydrogen-bond donors (Lipinski definition) is 1. The zero-order chi connectivity index (χ0) is 18.7. The Kier molecular flexibility index (Phi) is 5.08. The molecule has 1 aromatic heterocycles. The lowest BCUT2D eigenvalue weighted by atomic mass is 10.1. The van der Waals surface area contributed by atoms with Crippen LogP contribution >= 0.6 is 0 Å². The van der Waals surface area contributed by atoms with Crippen LogP contribution in [0.5, 0.6) is 5.75 Å². The quantitative estimate of drug-likeness (QED) is 0.799. The molecule has 8 nitrogen and oxygen atoms in total. The van der Waals surface area contributed by atoms with Gasteiger partial charge in [0.25, 0.3) is 5.56 Å². The molecule has 1 aliphatic heterocycles. The van der Waals surface area contributed by atoms with E-state index in [1.165, 1.54) is 13.2 Å². The lowest BCUT2D eigenvalue weighted by molar-refractivity contribution is -0.122. The van der Waals surface area contributed by atoms with Crippen LogP contribution in [0, 0.1) is 0 Å². The second kappa shape index (κ2) is 7.28. The van der Waals surface area contributed by atoms with Crippen molar-refractivity contribution in [3.63, 3.8) is 0 Å². The van der Waals surface area contributed by atoms with E-state index in [9.17, 15) is 18.0 Å². The summed E-state index contributed by atoms with van der Waals surface area (Å²) >= 11 is 0. The number of ether oxygens (including phenoxy) is 1. The van der Waals surface area contributed by atoms with Crippen LogP contribution < -0.4 is 15.6 Å². The van der Waals surface area contributed by atoms with Crippen LogP contribution in [0.1, 0.15) is 6.42 Å². The molecule has 26 heavy (non-hydrogen) atoms. The highest BCUT2D eigenvalue weighted by Gasteiger charge is 2.29. The number of nitrogens with zero attached hydrogens (tertiary/aromatic N) is 2. The van der Waals surface area contributed by atoms with Gasteiger partial charge in [0, 0.05) is 17.7 Å². The first-order chi connectivity index (χ1) is 12.4. The van der Waals surface area contributed by atoms with Crippen LogP contribution in [-0.4, -0.2) is 48.8 Å². The standard InChI is InChI=1S/C17H19N3O5S/c1-25-15-5-3-2-4-13(15)14-6-7-17(22)20(19-14)10-16(21)18-12-8-9-26(23,24)11-12/h2-7,12H,8-11H2,1H3,(H,18,21)/t12-/m0/s1. The molecular formula is C17H19N3O5S. The van der Waals surface area contributed by atoms with Crippen LogP contribution in [0.15, 0.2) is 41.2 Å². The lowest BCUT2D eigenvalue weighted by Gasteiger charge is -2.12. The molecule has 2 aromatic rings. The third-order valence-corrected chi connectivity index (χ3v) is 5.91. The molecule has 0 aliphatic carbocycles. The van der Waals surface area contributed by atoms with Crippen molar-refractivity contribution >= 4 is 15.7 Å². The smallest absolute Gasteiger partial charge is 0.267 e. The van der Waals surface area contributed by atoms with Crippen LogP contribution in [0.25, 0.3) is 11.3 Å². The summed E-state index contributed by atoms with van der Waals surface area (Å²) < 4.78 is 29.3. The molecule has 1 fully saturated rings. The number of amides is 1. The second-order valence-corrected chi connectivity index (χ2v) is 8.31. The van der Waals surface area contributed by atoms with E-state index in [0.717, 1.165) is 4.68 Å². The van der Waals surface area contributed by atoms with Crippen molar-refractivity contribution in [3.8, 4) is 17.0 Å². The Labute approximate surface area is 150 Å². The predicted octanol–water partition coefficient (Wildman–Crippen LogP) is 0.222. The maximum Gasteiger partial charge on any atom is 0.267 e. The van der Waals surface area contributed by atoms with Crippen LogP contribution in [0.4, 0.5) is 0 Å². The average molecular weight is 377 g/mol. The lowest BCUT2D eigenvalue weighted by Crippen LogP contribution is -2.40. The number of benzene rings is 1. The number of para-hydroxylation sites is 1. The highest BCUT2D eigenvalue weighted by molar-refractivity contribution is 7.91. The fourth-order valence-electron chi connectivity index (χ4n) is 2.88. The minimum absolute atomic E-state index is 0.0671. The molecule has 2 heterocycles. The number of sulfone groups is 1. The van der Waals surface area contributed by atoms with E-state index in [-0.39, 0.29) is 18.1 Å². The van der Waals surface area contributed by atoms with E-state index in [2.05, 4.69) is 10.4 Å². The molecular weight excluding hydrogens is 358 g/mol. The van der Waals surface area contributed by atoms with Crippen molar-refractivity contribution in [1.29, 1.82) is 0 Å². The summed E-state index contributed by atoms with van der Waals surface area (Å²) in [5.41, 5.74) is 0.780. The van der Waals surface area contributed by atoms with Crippen LogP contribution in [-0.2, 0) is 21.2 Å². The van der Waals surface area contributed by atoms with E-state index in [0.29, 0.717) is 23.4 Å². The van der Waals surface area contributed by atoms with Crippen LogP contribution in [0.2, 0.25) is 0 Å². The summed E-state index contributed by atoms with van der Waals surface area (Å²) in [5, 5.41) is 6.89. The number of hydrogen-bond acceptors (Lipinski definition) is 6. The Morgan fingerprint density at radius 3 is 2.77 bits per heavy atom. The molecule has 9 heteroatoms. The van der Waals surface area contributed by atoms with Gasteiger partial charge in [0.1, 0.15) is 12.3 Å². The van der Waals surface area contributed by atoms with Gasteiger partial charge in [0.05, 0.1) is 24.3 Å². The molecule has 3 rings (SSSR count). The maximum atomic E-state index is 12.2. The monoisotopic (exact) mass is 377 g/mol. The molecule has 1 N–H and O–H groups in total. The molecule has 0 unspecified atom stereocenters. The summed E-state index contributed by atoms with van der Waals surface area (Å²) in [7, 11) is -1.55. The first-order valence-corrected chi connectivity index (χ1v) is 9.91. The summed E-state index contributed by atoms with van der Waals surface area (Å²) in [6.07, 6.45) is 0.387. The number of aromatic nitrogens is 2. The second-order valence-electron chi connectivity index (χ2n) is 6.08. The Hall–Kier alpha value is -2.68. The molecule has 0 radical (unpaired) electrons. The topological polar surface area (TPSA) is 107 Å². The fraction of sp³-hybridized carbons (Fsp3) is 0.353. The normalized spacial score (nSPS) is 18.4. The summed E-state index contributed by atoms with van der Waals surface area (Å²) in [4.78, 5) is 24.2. The Bertz CT molecular complexity index is 984. The highest BCUT2D eigenvalue weighted by Crippen LogP contribution is 2.27. The molecule has 1 aliphatic rings. The van der Waals surface area contributed by atoms with Gasteiger partial charge in [-0.25, -0.2) is 13.1 Å². The van der Waals surface area contributed by atoms with Crippen molar-refractivity contribution < 1.29 is 17.9 Å². The zero-order valence-corrected chi connectivity index (χ0v) is 15.0. The van der Waals surface area contributed by atoms with E-state index in [1.54, 1.807) is 18.2 Å². The van der Waals surface area contributed by atoms with E-state index in [4.69, 9.17) is 4.74 Å². The highest BCUT2D eigenvalue weighted by atomic mass is 32.2. The van der Waals surface area contributed by atoms with E-state index < -0.39 is 27.3 Å². The molecule has 1 aromatic carbocycles. The molecule has 1 amide bonds. The summed E-state index contributed by atoms with van der Waals surface area (Å²) in [6.45, 7) is -0.279. The van der Waals surface area contributed by atoms with Gasteiger partial charge >= 0.3 is 0 Å². The molecule has 1 saturated heterocycles. The largest absolute Gasteiger partial charge is 0.496 e. The van der Waals surface area contributed by atoms with E-state index >= 15 is 0 Å². The number of methoxy groups -OCH3 is 1. The summed E-state index contributed by atoms with van der Waals surface area (Å²) in [5.74, 6) is 0.159. The maximum absolute atomic E-state index is 12.2. The third kappa shape index (κ3) is 4.10. The Morgan fingerprint density at radius 1 is 1.31 bits per heavy atom. The minimum Gasteiger partial charge on any atom is -0.496 e. The van der Waals surface area contributed by atoms with Gasteiger partial charge in [0.2, 0.25) is 5.91 Å². The molecule has 1 atom stereocenters. The Morgan fingerprint density at radius 2 is 2.08 bits per heavy atom. The van der Waals surface area contributed by atoms with Gasteiger partial charge in [-0.2, -0.15) is 5.10 Å². The van der Waals surface area contributed by atoms with Gasteiger partial charge < -0.3 is 10.1 Å².